The Balaban J connectivity index is 1.92. The first-order valence-corrected chi connectivity index (χ1v) is 6.40. The van der Waals surface area contributed by atoms with Crippen molar-refractivity contribution in [3.8, 4) is 17.3 Å². The van der Waals surface area contributed by atoms with E-state index >= 15 is 0 Å². The third-order valence-electron chi connectivity index (χ3n) is 2.95. The molecule has 22 heavy (non-hydrogen) atoms. The molecule has 8 heteroatoms. The van der Waals surface area contributed by atoms with Crippen LogP contribution in [-0.2, 0) is 7.05 Å². The second kappa shape index (κ2) is 5.49. The molecule has 8 nitrogen and oxygen atoms in total. The van der Waals surface area contributed by atoms with Crippen molar-refractivity contribution in [3.63, 3.8) is 0 Å². The maximum Gasteiger partial charge on any atom is 0.227 e. The van der Waals surface area contributed by atoms with Gasteiger partial charge < -0.3 is 11.1 Å². The largest absolute Gasteiger partial charge is 0.383 e. The molecule has 3 heterocycles. The lowest BCUT2D eigenvalue weighted by molar-refractivity contribution is 0.768. The molecular formula is C14H12N8. The molecule has 0 aliphatic rings. The molecule has 0 fully saturated rings. The summed E-state index contributed by atoms with van der Waals surface area (Å²) < 4.78 is 1.68. The van der Waals surface area contributed by atoms with Crippen LogP contribution in [0.3, 0.4) is 0 Å². The maximum atomic E-state index is 9.02. The van der Waals surface area contributed by atoms with Crippen LogP contribution in [0, 0.1) is 11.3 Å². The van der Waals surface area contributed by atoms with Crippen molar-refractivity contribution in [1.29, 1.82) is 5.26 Å². The molecule has 0 amide bonds. The van der Waals surface area contributed by atoms with Crippen LogP contribution >= 0.6 is 0 Å². The lowest BCUT2D eigenvalue weighted by atomic mass is 10.1. The number of nitrogen functional groups attached to an aromatic ring is 1. The number of nitrogens with one attached hydrogen (secondary N) is 1. The second-order valence-electron chi connectivity index (χ2n) is 4.56. The Bertz CT molecular complexity index is 861. The van der Waals surface area contributed by atoms with Crippen molar-refractivity contribution in [3.05, 3.63) is 42.5 Å². The van der Waals surface area contributed by atoms with E-state index in [1.165, 1.54) is 0 Å². The SMILES string of the molecule is Cn1cc(Nc2nccc(-c3cnc(N)c(C#N)c3)n2)cn1. The van der Waals surface area contributed by atoms with E-state index < -0.39 is 0 Å². The number of nitriles is 1. The zero-order chi connectivity index (χ0) is 15.5. The van der Waals surface area contributed by atoms with Gasteiger partial charge in [-0.2, -0.15) is 10.4 Å². The van der Waals surface area contributed by atoms with Crippen LogP contribution in [0.5, 0.6) is 0 Å². The molecule has 0 aromatic carbocycles. The fourth-order valence-electron chi connectivity index (χ4n) is 1.90. The van der Waals surface area contributed by atoms with Gasteiger partial charge in [0.15, 0.2) is 0 Å². The Morgan fingerprint density at radius 1 is 1.32 bits per heavy atom. The smallest absolute Gasteiger partial charge is 0.227 e. The lowest BCUT2D eigenvalue weighted by Gasteiger charge is -2.05. The van der Waals surface area contributed by atoms with Crippen LogP contribution in [0.2, 0.25) is 0 Å². The van der Waals surface area contributed by atoms with Crippen LogP contribution in [0.15, 0.2) is 36.9 Å². The first-order valence-electron chi connectivity index (χ1n) is 6.40. The van der Waals surface area contributed by atoms with E-state index in [1.807, 2.05) is 19.3 Å². The van der Waals surface area contributed by atoms with Gasteiger partial charge in [0.25, 0.3) is 0 Å². The lowest BCUT2D eigenvalue weighted by Crippen LogP contribution is -1.99. The minimum absolute atomic E-state index is 0.203. The third-order valence-corrected chi connectivity index (χ3v) is 2.95. The van der Waals surface area contributed by atoms with Gasteiger partial charge in [-0.05, 0) is 12.1 Å². The molecule has 3 aromatic rings. The molecule has 3 aromatic heterocycles. The van der Waals surface area contributed by atoms with E-state index in [9.17, 15) is 0 Å². The molecule has 0 aliphatic carbocycles. The van der Waals surface area contributed by atoms with Crippen molar-refractivity contribution in [2.45, 2.75) is 0 Å². The number of nitrogens with two attached hydrogens (primary N) is 1. The number of pyridine rings is 1. The van der Waals surface area contributed by atoms with E-state index in [0.717, 1.165) is 5.69 Å². The number of hydrogen-bond donors (Lipinski definition) is 2. The Morgan fingerprint density at radius 3 is 2.91 bits per heavy atom. The van der Waals surface area contributed by atoms with Gasteiger partial charge in [0, 0.05) is 31.2 Å². The van der Waals surface area contributed by atoms with Crippen LogP contribution in [0.1, 0.15) is 5.56 Å². The number of anilines is 3. The average Bonchev–Trinajstić information content (AvgIpc) is 2.93. The molecule has 0 radical (unpaired) electrons. The monoisotopic (exact) mass is 292 g/mol. The Morgan fingerprint density at radius 2 is 2.18 bits per heavy atom. The van der Waals surface area contributed by atoms with Gasteiger partial charge in [-0.1, -0.05) is 0 Å². The molecule has 0 aliphatic heterocycles. The first-order chi connectivity index (χ1) is 10.7. The summed E-state index contributed by atoms with van der Waals surface area (Å²) in [5, 5.41) is 16.1. The number of nitrogens with zero attached hydrogens (tertiary/aromatic N) is 6. The highest BCUT2D eigenvalue weighted by atomic mass is 15.3. The van der Waals surface area contributed by atoms with E-state index in [4.69, 9.17) is 11.0 Å². The van der Waals surface area contributed by atoms with Gasteiger partial charge in [-0.3, -0.25) is 4.68 Å². The molecule has 0 atom stereocenters. The number of aromatic nitrogens is 5. The van der Waals surface area contributed by atoms with Gasteiger partial charge in [0.1, 0.15) is 11.9 Å². The van der Waals surface area contributed by atoms with Crippen LogP contribution < -0.4 is 11.1 Å². The van der Waals surface area contributed by atoms with Crippen LogP contribution in [-0.4, -0.2) is 24.7 Å². The molecule has 3 rings (SSSR count). The summed E-state index contributed by atoms with van der Waals surface area (Å²) in [6.45, 7) is 0. The van der Waals surface area contributed by atoms with E-state index in [2.05, 4.69) is 25.4 Å². The maximum absolute atomic E-state index is 9.02. The normalized spacial score (nSPS) is 10.2. The topological polar surface area (TPSA) is 118 Å². The number of aryl methyl sites for hydroxylation is 1. The Labute approximate surface area is 126 Å². The fraction of sp³-hybridized carbons (Fsp3) is 0.0714. The Hall–Kier alpha value is -3.47. The highest BCUT2D eigenvalue weighted by molar-refractivity contribution is 5.65. The van der Waals surface area contributed by atoms with Crippen molar-refractivity contribution >= 4 is 17.5 Å². The quantitative estimate of drug-likeness (QED) is 0.750. The first kappa shape index (κ1) is 13.5. The standard InChI is InChI=1S/C14H12N8/c1-22-8-11(7-19-22)20-14-17-3-2-12(21-14)10-4-9(5-15)13(16)18-6-10/h2-4,6-8H,1H3,(H2,16,18)(H,17,20,21). The van der Waals surface area contributed by atoms with Crippen molar-refractivity contribution < 1.29 is 0 Å². The van der Waals surface area contributed by atoms with Gasteiger partial charge in [-0.25, -0.2) is 15.0 Å². The summed E-state index contributed by atoms with van der Waals surface area (Å²) in [5.41, 5.74) is 8.07. The third kappa shape index (κ3) is 2.69. The number of rotatable bonds is 3. The van der Waals surface area contributed by atoms with Gasteiger partial charge >= 0.3 is 0 Å². The molecule has 108 valence electrons. The van der Waals surface area contributed by atoms with Gasteiger partial charge in [0.2, 0.25) is 5.95 Å². The zero-order valence-corrected chi connectivity index (χ0v) is 11.7. The zero-order valence-electron chi connectivity index (χ0n) is 11.7. The summed E-state index contributed by atoms with van der Waals surface area (Å²) in [6, 6.07) is 5.40. The summed E-state index contributed by atoms with van der Waals surface area (Å²) in [6.07, 6.45) is 6.69. The predicted molar refractivity (Wildman–Crippen MR) is 80.9 cm³/mol. The van der Waals surface area contributed by atoms with E-state index in [-0.39, 0.29) is 5.82 Å². The van der Waals surface area contributed by atoms with Crippen LogP contribution in [0.25, 0.3) is 11.3 Å². The number of hydrogen-bond acceptors (Lipinski definition) is 7. The molecule has 0 saturated heterocycles. The second-order valence-corrected chi connectivity index (χ2v) is 4.56. The van der Waals surface area contributed by atoms with Crippen molar-refractivity contribution in [2.75, 3.05) is 11.1 Å². The van der Waals surface area contributed by atoms with Crippen molar-refractivity contribution in [2.24, 2.45) is 7.05 Å². The molecule has 0 spiro atoms. The predicted octanol–water partition coefficient (Wildman–Crippen LogP) is 1.47. The van der Waals surface area contributed by atoms with Gasteiger partial charge in [0.05, 0.1) is 23.1 Å². The highest BCUT2D eigenvalue weighted by Gasteiger charge is 2.07. The minimum Gasteiger partial charge on any atom is -0.383 e. The molecule has 0 bridgehead atoms. The molecule has 3 N–H and O–H groups in total. The van der Waals surface area contributed by atoms with Crippen molar-refractivity contribution in [1.82, 2.24) is 24.7 Å². The minimum atomic E-state index is 0.203. The summed E-state index contributed by atoms with van der Waals surface area (Å²) in [7, 11) is 1.83. The van der Waals surface area contributed by atoms with E-state index in [1.54, 1.807) is 35.4 Å². The summed E-state index contributed by atoms with van der Waals surface area (Å²) >= 11 is 0. The van der Waals surface area contributed by atoms with E-state index in [0.29, 0.717) is 22.8 Å². The highest BCUT2D eigenvalue weighted by Crippen LogP contribution is 2.21. The van der Waals surface area contributed by atoms with Crippen LogP contribution in [0.4, 0.5) is 17.5 Å². The molecule has 0 unspecified atom stereocenters. The fourth-order valence-corrected chi connectivity index (χ4v) is 1.90. The van der Waals surface area contributed by atoms with Gasteiger partial charge in [-0.15, -0.1) is 0 Å². The summed E-state index contributed by atoms with van der Waals surface area (Å²) in [4.78, 5) is 12.6. The average molecular weight is 292 g/mol. The molecular weight excluding hydrogens is 280 g/mol. The molecule has 0 saturated carbocycles. The Kier molecular flexibility index (Phi) is 3.37. The summed E-state index contributed by atoms with van der Waals surface area (Å²) in [5.74, 6) is 0.634.